The number of likely N-dealkylation sites (tertiary alicyclic amines) is 1. The molecular weight excluding hydrogens is 208 g/mol. The quantitative estimate of drug-likeness (QED) is 0.792. The molecule has 17 heavy (non-hydrogen) atoms. The van der Waals surface area contributed by atoms with Gasteiger partial charge in [0.2, 0.25) is 0 Å². The minimum Gasteiger partial charge on any atom is -0.317 e. The van der Waals surface area contributed by atoms with Crippen LogP contribution in [0.25, 0.3) is 0 Å². The van der Waals surface area contributed by atoms with Crippen molar-refractivity contribution in [1.82, 2.24) is 10.2 Å². The maximum absolute atomic E-state index is 3.51. The lowest BCUT2D eigenvalue weighted by Gasteiger charge is -2.38. The van der Waals surface area contributed by atoms with Crippen molar-refractivity contribution < 1.29 is 0 Å². The van der Waals surface area contributed by atoms with E-state index in [0.29, 0.717) is 0 Å². The van der Waals surface area contributed by atoms with E-state index in [2.05, 4.69) is 24.1 Å². The normalized spacial score (nSPS) is 41.6. The molecule has 2 aliphatic heterocycles. The monoisotopic (exact) mass is 236 g/mol. The van der Waals surface area contributed by atoms with E-state index < -0.39 is 0 Å². The second-order valence-corrected chi connectivity index (χ2v) is 6.87. The molecule has 1 N–H and O–H groups in total. The first-order chi connectivity index (χ1) is 8.21. The first-order valence-corrected chi connectivity index (χ1v) is 7.66. The molecule has 3 fully saturated rings. The van der Waals surface area contributed by atoms with Gasteiger partial charge in [0.1, 0.15) is 0 Å². The molecule has 0 aromatic rings. The Balaban J connectivity index is 1.54. The van der Waals surface area contributed by atoms with Crippen molar-refractivity contribution in [2.24, 2.45) is 17.3 Å². The number of piperidine rings is 2. The zero-order valence-electron chi connectivity index (χ0n) is 11.5. The summed E-state index contributed by atoms with van der Waals surface area (Å²) in [4.78, 5) is 2.79. The summed E-state index contributed by atoms with van der Waals surface area (Å²) in [7, 11) is 0. The Morgan fingerprint density at radius 2 is 2.00 bits per heavy atom. The number of hydrogen-bond donors (Lipinski definition) is 1. The van der Waals surface area contributed by atoms with E-state index >= 15 is 0 Å². The van der Waals surface area contributed by atoms with Crippen LogP contribution in [0.15, 0.2) is 0 Å². The second kappa shape index (κ2) is 4.55. The van der Waals surface area contributed by atoms with Gasteiger partial charge in [-0.25, -0.2) is 0 Å². The van der Waals surface area contributed by atoms with Gasteiger partial charge in [0.25, 0.3) is 0 Å². The fourth-order valence-electron chi connectivity index (χ4n) is 4.19. The van der Waals surface area contributed by atoms with Crippen LogP contribution in [0.2, 0.25) is 0 Å². The van der Waals surface area contributed by atoms with Gasteiger partial charge in [-0.05, 0) is 75.9 Å². The number of nitrogens with zero attached hydrogens (tertiary/aromatic N) is 1. The molecule has 3 aliphatic rings. The van der Waals surface area contributed by atoms with Gasteiger partial charge < -0.3 is 10.2 Å². The van der Waals surface area contributed by atoms with Crippen molar-refractivity contribution in [2.45, 2.75) is 52.0 Å². The standard InChI is InChI=1S/C15H28N2/c1-12-4-3-9-17(13(12)2)11-14-10-15(14)5-7-16-8-6-15/h12-14,16H,3-11H2,1-2H3. The SMILES string of the molecule is CC1CCCN(CC2CC23CCNCC3)C1C. The summed E-state index contributed by atoms with van der Waals surface area (Å²) in [5.74, 6) is 1.93. The van der Waals surface area contributed by atoms with E-state index in [9.17, 15) is 0 Å². The molecule has 3 rings (SSSR count). The highest BCUT2D eigenvalue weighted by Crippen LogP contribution is 2.58. The molecule has 0 aromatic carbocycles. The third kappa shape index (κ3) is 2.26. The molecule has 0 bridgehead atoms. The summed E-state index contributed by atoms with van der Waals surface area (Å²) in [6, 6.07) is 0.822. The van der Waals surface area contributed by atoms with Crippen molar-refractivity contribution in [3.8, 4) is 0 Å². The zero-order chi connectivity index (χ0) is 11.9. The zero-order valence-corrected chi connectivity index (χ0v) is 11.5. The van der Waals surface area contributed by atoms with Gasteiger partial charge >= 0.3 is 0 Å². The molecule has 2 nitrogen and oxygen atoms in total. The van der Waals surface area contributed by atoms with E-state index in [-0.39, 0.29) is 0 Å². The van der Waals surface area contributed by atoms with Crippen molar-refractivity contribution >= 4 is 0 Å². The molecule has 98 valence electrons. The van der Waals surface area contributed by atoms with E-state index in [0.717, 1.165) is 23.3 Å². The Kier molecular flexibility index (Phi) is 3.20. The largest absolute Gasteiger partial charge is 0.317 e. The van der Waals surface area contributed by atoms with Crippen molar-refractivity contribution in [1.29, 1.82) is 0 Å². The highest BCUT2D eigenvalue weighted by Gasteiger charge is 2.54. The van der Waals surface area contributed by atoms with Crippen LogP contribution < -0.4 is 5.32 Å². The molecule has 2 heterocycles. The molecule has 3 unspecified atom stereocenters. The predicted octanol–water partition coefficient (Wildman–Crippen LogP) is 2.50. The lowest BCUT2D eigenvalue weighted by Crippen LogP contribution is -2.44. The molecular formula is C15H28N2. The van der Waals surface area contributed by atoms with Crippen LogP contribution in [-0.2, 0) is 0 Å². The first-order valence-electron chi connectivity index (χ1n) is 7.66. The summed E-state index contributed by atoms with van der Waals surface area (Å²) in [5, 5.41) is 3.51. The van der Waals surface area contributed by atoms with Gasteiger partial charge in [0.05, 0.1) is 0 Å². The molecule has 1 saturated carbocycles. The predicted molar refractivity (Wildman–Crippen MR) is 72.1 cm³/mol. The van der Waals surface area contributed by atoms with Crippen LogP contribution in [0.4, 0.5) is 0 Å². The average Bonchev–Trinajstić information content (AvgIpc) is 2.98. The van der Waals surface area contributed by atoms with Gasteiger partial charge in [0.15, 0.2) is 0 Å². The minimum atomic E-state index is 0.769. The van der Waals surface area contributed by atoms with Crippen LogP contribution in [0.5, 0.6) is 0 Å². The lowest BCUT2D eigenvalue weighted by atomic mass is 9.89. The van der Waals surface area contributed by atoms with Gasteiger partial charge in [-0.2, -0.15) is 0 Å². The topological polar surface area (TPSA) is 15.3 Å². The first kappa shape index (κ1) is 12.0. The Morgan fingerprint density at radius 1 is 1.24 bits per heavy atom. The van der Waals surface area contributed by atoms with Crippen molar-refractivity contribution in [3.63, 3.8) is 0 Å². The van der Waals surface area contributed by atoms with Crippen molar-refractivity contribution in [2.75, 3.05) is 26.2 Å². The third-order valence-electron chi connectivity index (χ3n) is 5.92. The molecule has 1 spiro atoms. The molecule has 3 atom stereocenters. The molecule has 0 amide bonds. The Labute approximate surface area is 106 Å². The second-order valence-electron chi connectivity index (χ2n) is 6.87. The van der Waals surface area contributed by atoms with Crippen LogP contribution >= 0.6 is 0 Å². The van der Waals surface area contributed by atoms with Crippen molar-refractivity contribution in [3.05, 3.63) is 0 Å². The molecule has 0 radical (unpaired) electrons. The van der Waals surface area contributed by atoms with E-state index in [4.69, 9.17) is 0 Å². The smallest absolute Gasteiger partial charge is 0.00926 e. The molecule has 2 saturated heterocycles. The van der Waals surface area contributed by atoms with Gasteiger partial charge in [0, 0.05) is 12.6 Å². The van der Waals surface area contributed by atoms with Crippen LogP contribution in [0, 0.1) is 17.3 Å². The molecule has 1 aliphatic carbocycles. The minimum absolute atomic E-state index is 0.769. The number of nitrogens with one attached hydrogen (secondary N) is 1. The fraction of sp³-hybridized carbons (Fsp3) is 1.00. The highest BCUT2D eigenvalue weighted by molar-refractivity contribution is 5.05. The Morgan fingerprint density at radius 3 is 2.76 bits per heavy atom. The average molecular weight is 236 g/mol. The Bertz CT molecular complexity index is 270. The fourth-order valence-corrected chi connectivity index (χ4v) is 4.19. The number of hydrogen-bond acceptors (Lipinski definition) is 2. The van der Waals surface area contributed by atoms with E-state index in [1.54, 1.807) is 0 Å². The maximum Gasteiger partial charge on any atom is 0.00926 e. The molecule has 2 heteroatoms. The molecule has 0 aromatic heterocycles. The van der Waals surface area contributed by atoms with E-state index in [1.807, 2.05) is 0 Å². The van der Waals surface area contributed by atoms with Crippen LogP contribution in [0.1, 0.15) is 46.0 Å². The van der Waals surface area contributed by atoms with Gasteiger partial charge in [-0.15, -0.1) is 0 Å². The number of rotatable bonds is 2. The summed E-state index contributed by atoms with van der Waals surface area (Å²) in [6.07, 6.45) is 7.27. The lowest BCUT2D eigenvalue weighted by molar-refractivity contribution is 0.101. The van der Waals surface area contributed by atoms with Crippen LogP contribution in [0.3, 0.4) is 0 Å². The van der Waals surface area contributed by atoms with Gasteiger partial charge in [-0.1, -0.05) is 6.92 Å². The summed E-state index contributed by atoms with van der Waals surface area (Å²) in [5.41, 5.74) is 0.769. The van der Waals surface area contributed by atoms with Crippen LogP contribution in [-0.4, -0.2) is 37.1 Å². The summed E-state index contributed by atoms with van der Waals surface area (Å²) < 4.78 is 0. The summed E-state index contributed by atoms with van der Waals surface area (Å²) in [6.45, 7) is 10.2. The maximum atomic E-state index is 3.51. The van der Waals surface area contributed by atoms with E-state index in [1.165, 1.54) is 58.3 Å². The Hall–Kier alpha value is -0.0800. The van der Waals surface area contributed by atoms with Gasteiger partial charge in [-0.3, -0.25) is 0 Å². The summed E-state index contributed by atoms with van der Waals surface area (Å²) >= 11 is 0. The highest BCUT2D eigenvalue weighted by atomic mass is 15.2. The third-order valence-corrected chi connectivity index (χ3v) is 5.92.